The van der Waals surface area contributed by atoms with Crippen molar-refractivity contribution in [2.75, 3.05) is 6.54 Å². The normalized spacial score (nSPS) is 10.8. The molecule has 0 atom stereocenters. The molecule has 0 aliphatic heterocycles. The quantitative estimate of drug-likeness (QED) is 0.184. The minimum atomic E-state index is -0.978. The van der Waals surface area contributed by atoms with Gasteiger partial charge in [-0.1, -0.05) is 93.6 Å². The van der Waals surface area contributed by atoms with Crippen molar-refractivity contribution in [3.63, 3.8) is 0 Å². The molecule has 4 aromatic carbocycles. The first kappa shape index (κ1) is 29.4. The molecule has 41 heavy (non-hydrogen) atoms. The zero-order valence-corrected chi connectivity index (χ0v) is 23.9. The molecular formula is C35H37NO5. The van der Waals surface area contributed by atoms with E-state index in [1.54, 1.807) is 29.2 Å². The van der Waals surface area contributed by atoms with Gasteiger partial charge in [0.1, 0.15) is 24.7 Å². The van der Waals surface area contributed by atoms with Crippen LogP contribution in [-0.2, 0) is 19.8 Å². The van der Waals surface area contributed by atoms with Gasteiger partial charge in [-0.25, -0.2) is 4.79 Å². The molecule has 212 valence electrons. The number of benzene rings is 4. The largest absolute Gasteiger partial charge is 0.488 e. The molecule has 0 radical (unpaired) electrons. The number of ether oxygens (including phenoxy) is 2. The molecule has 0 heterocycles. The molecule has 0 bridgehead atoms. The number of nitrogens with zero attached hydrogens (tertiary/aromatic N) is 1. The lowest BCUT2D eigenvalue weighted by molar-refractivity contribution is 0.0693. The molecule has 0 aromatic heterocycles. The lowest BCUT2D eigenvalue weighted by atomic mass is 9.97. The minimum absolute atomic E-state index is 0.110. The van der Waals surface area contributed by atoms with Crippen LogP contribution < -0.4 is 9.47 Å². The highest BCUT2D eigenvalue weighted by Crippen LogP contribution is 2.36. The van der Waals surface area contributed by atoms with Gasteiger partial charge in [0, 0.05) is 19.2 Å². The Hall–Kier alpha value is -4.58. The van der Waals surface area contributed by atoms with E-state index in [0.717, 1.165) is 28.7 Å². The standard InChI is InChI=1S/C35H37NO5/c1-4-19-36(22-26-15-17-29(18-16-26)35(38)39)34(37)31-20-30(25(2)3)32(40-23-27-11-7-5-8-12-27)21-33(31)41-24-28-13-9-6-10-14-28/h5-18,20-21,25H,4,19,22-24H2,1-3H3,(H,38,39). The van der Waals surface area contributed by atoms with Crippen LogP contribution >= 0.6 is 0 Å². The molecular weight excluding hydrogens is 514 g/mol. The average Bonchev–Trinajstić information content (AvgIpc) is 2.99. The zero-order valence-electron chi connectivity index (χ0n) is 23.9. The molecule has 0 aliphatic carbocycles. The Morgan fingerprint density at radius 3 is 1.83 bits per heavy atom. The molecule has 1 N–H and O–H groups in total. The van der Waals surface area contributed by atoms with Crippen LogP contribution in [0.15, 0.2) is 97.1 Å². The van der Waals surface area contributed by atoms with E-state index in [1.165, 1.54) is 0 Å². The summed E-state index contributed by atoms with van der Waals surface area (Å²) in [5, 5.41) is 9.25. The van der Waals surface area contributed by atoms with Gasteiger partial charge in [0.15, 0.2) is 0 Å². The van der Waals surface area contributed by atoms with Crippen molar-refractivity contribution in [2.45, 2.75) is 52.9 Å². The molecule has 6 heteroatoms. The van der Waals surface area contributed by atoms with Crippen LogP contribution in [0.1, 0.15) is 76.1 Å². The summed E-state index contributed by atoms with van der Waals surface area (Å²) in [6.07, 6.45) is 0.772. The second-order valence-corrected chi connectivity index (χ2v) is 10.3. The highest BCUT2D eigenvalue weighted by atomic mass is 16.5. The fourth-order valence-corrected chi connectivity index (χ4v) is 4.58. The first-order valence-corrected chi connectivity index (χ1v) is 14.0. The summed E-state index contributed by atoms with van der Waals surface area (Å²) in [6, 6.07) is 30.2. The van der Waals surface area contributed by atoms with Crippen LogP contribution in [-0.4, -0.2) is 28.4 Å². The topological polar surface area (TPSA) is 76.1 Å². The third kappa shape index (κ3) is 7.98. The van der Waals surface area contributed by atoms with Gasteiger partial charge < -0.3 is 19.5 Å². The van der Waals surface area contributed by atoms with Crippen molar-refractivity contribution >= 4 is 11.9 Å². The molecule has 0 saturated heterocycles. The van der Waals surface area contributed by atoms with Crippen LogP contribution in [0.25, 0.3) is 0 Å². The second-order valence-electron chi connectivity index (χ2n) is 10.3. The zero-order chi connectivity index (χ0) is 29.2. The van der Waals surface area contributed by atoms with Crippen molar-refractivity contribution in [1.29, 1.82) is 0 Å². The molecule has 0 fully saturated rings. The Bertz CT molecular complexity index is 1430. The van der Waals surface area contributed by atoms with E-state index in [1.807, 2.05) is 79.7 Å². The summed E-state index contributed by atoms with van der Waals surface area (Å²) in [5.74, 6) is 0.143. The third-order valence-corrected chi connectivity index (χ3v) is 6.79. The summed E-state index contributed by atoms with van der Waals surface area (Å²) in [6.45, 7) is 7.80. The van der Waals surface area contributed by atoms with Gasteiger partial charge in [-0.2, -0.15) is 0 Å². The predicted octanol–water partition coefficient (Wildman–Crippen LogP) is 7.72. The first-order chi connectivity index (χ1) is 19.9. The lowest BCUT2D eigenvalue weighted by Gasteiger charge is -2.25. The van der Waals surface area contributed by atoms with Gasteiger partial charge in [-0.15, -0.1) is 0 Å². The predicted molar refractivity (Wildman–Crippen MR) is 161 cm³/mol. The number of amides is 1. The third-order valence-electron chi connectivity index (χ3n) is 6.79. The van der Waals surface area contributed by atoms with Gasteiger partial charge in [0.2, 0.25) is 0 Å². The summed E-state index contributed by atoms with van der Waals surface area (Å²) in [7, 11) is 0. The van der Waals surface area contributed by atoms with Gasteiger partial charge in [0.25, 0.3) is 5.91 Å². The number of carboxylic acid groups (broad SMARTS) is 1. The van der Waals surface area contributed by atoms with E-state index < -0.39 is 5.97 Å². The molecule has 4 aromatic rings. The summed E-state index contributed by atoms with van der Waals surface area (Å²) in [5.41, 5.74) is 4.53. The van der Waals surface area contributed by atoms with Crippen LogP contribution in [0.3, 0.4) is 0 Å². The Morgan fingerprint density at radius 2 is 1.32 bits per heavy atom. The number of hydrogen-bond donors (Lipinski definition) is 1. The molecule has 0 aliphatic rings. The first-order valence-electron chi connectivity index (χ1n) is 14.0. The van der Waals surface area contributed by atoms with Crippen LogP contribution in [0, 0.1) is 0 Å². The maximum absolute atomic E-state index is 14.1. The highest BCUT2D eigenvalue weighted by Gasteiger charge is 2.24. The second kappa shape index (κ2) is 14.2. The molecule has 1 amide bonds. The van der Waals surface area contributed by atoms with Crippen molar-refractivity contribution in [3.8, 4) is 11.5 Å². The van der Waals surface area contributed by atoms with E-state index in [4.69, 9.17) is 9.47 Å². The van der Waals surface area contributed by atoms with E-state index in [0.29, 0.717) is 43.4 Å². The Balaban J connectivity index is 1.69. The van der Waals surface area contributed by atoms with Crippen LogP contribution in [0.5, 0.6) is 11.5 Å². The molecule has 0 saturated carbocycles. The number of hydrogen-bond acceptors (Lipinski definition) is 4. The maximum atomic E-state index is 14.1. The van der Waals surface area contributed by atoms with Crippen molar-refractivity contribution in [3.05, 3.63) is 130 Å². The van der Waals surface area contributed by atoms with Gasteiger partial charge in [-0.05, 0) is 52.8 Å². The number of carbonyl (C=O) groups is 2. The summed E-state index contributed by atoms with van der Waals surface area (Å²) in [4.78, 5) is 27.2. The molecule has 6 nitrogen and oxygen atoms in total. The summed E-state index contributed by atoms with van der Waals surface area (Å²) >= 11 is 0. The Morgan fingerprint density at radius 1 is 0.756 bits per heavy atom. The van der Waals surface area contributed by atoms with Gasteiger partial charge >= 0.3 is 5.97 Å². The van der Waals surface area contributed by atoms with E-state index >= 15 is 0 Å². The van der Waals surface area contributed by atoms with Crippen LogP contribution in [0.2, 0.25) is 0 Å². The lowest BCUT2D eigenvalue weighted by Crippen LogP contribution is -2.32. The number of carbonyl (C=O) groups excluding carboxylic acids is 1. The molecule has 0 unspecified atom stereocenters. The molecule has 0 spiro atoms. The average molecular weight is 552 g/mol. The minimum Gasteiger partial charge on any atom is -0.488 e. The van der Waals surface area contributed by atoms with Crippen LogP contribution in [0.4, 0.5) is 0 Å². The molecule has 4 rings (SSSR count). The fourth-order valence-electron chi connectivity index (χ4n) is 4.58. The van der Waals surface area contributed by atoms with Crippen molar-refractivity contribution < 1.29 is 24.2 Å². The van der Waals surface area contributed by atoms with E-state index in [-0.39, 0.29) is 17.4 Å². The Kier molecular flexibility index (Phi) is 10.2. The maximum Gasteiger partial charge on any atom is 0.335 e. The smallest absolute Gasteiger partial charge is 0.335 e. The SMILES string of the molecule is CCCN(Cc1ccc(C(=O)O)cc1)C(=O)c1cc(C(C)C)c(OCc2ccccc2)cc1OCc1ccccc1. The van der Waals surface area contributed by atoms with E-state index in [2.05, 4.69) is 13.8 Å². The highest BCUT2D eigenvalue weighted by molar-refractivity contribution is 5.97. The number of carboxylic acids is 1. The van der Waals surface area contributed by atoms with Crippen molar-refractivity contribution in [2.24, 2.45) is 0 Å². The summed E-state index contributed by atoms with van der Waals surface area (Å²) < 4.78 is 12.6. The van der Waals surface area contributed by atoms with Crippen molar-refractivity contribution in [1.82, 2.24) is 4.90 Å². The van der Waals surface area contributed by atoms with Gasteiger partial charge in [-0.3, -0.25) is 4.79 Å². The Labute approximate surface area is 242 Å². The van der Waals surface area contributed by atoms with Gasteiger partial charge in [0.05, 0.1) is 11.1 Å². The fraction of sp³-hybridized carbons (Fsp3) is 0.257. The monoisotopic (exact) mass is 551 g/mol. The van der Waals surface area contributed by atoms with E-state index in [9.17, 15) is 14.7 Å². The number of aromatic carboxylic acids is 1. The number of rotatable bonds is 13.